The summed E-state index contributed by atoms with van der Waals surface area (Å²) < 4.78 is 9.34. The summed E-state index contributed by atoms with van der Waals surface area (Å²) in [4.78, 5) is 9.82. The fourth-order valence-electron chi connectivity index (χ4n) is 4.43. The molecule has 4 rings (SSSR count). The van der Waals surface area contributed by atoms with Crippen LogP contribution >= 0.6 is 24.0 Å². The van der Waals surface area contributed by atoms with Crippen LogP contribution in [-0.2, 0) is 31.8 Å². The third-order valence-electron chi connectivity index (χ3n) is 6.46. The summed E-state index contributed by atoms with van der Waals surface area (Å²) in [5.41, 5.74) is 1.31. The average molecular weight is 572 g/mol. The van der Waals surface area contributed by atoms with Crippen LogP contribution < -0.4 is 5.32 Å². The highest BCUT2D eigenvalue weighted by Gasteiger charge is 2.25. The number of halogens is 1. The van der Waals surface area contributed by atoms with Crippen LogP contribution in [0.25, 0.3) is 0 Å². The van der Waals surface area contributed by atoms with E-state index in [0.29, 0.717) is 12.5 Å². The summed E-state index contributed by atoms with van der Waals surface area (Å²) in [6.45, 7) is 10.3. The Morgan fingerprint density at radius 1 is 1.21 bits per heavy atom. The zero-order chi connectivity index (χ0) is 22.3. The molecule has 0 bridgehead atoms. The summed E-state index contributed by atoms with van der Waals surface area (Å²) in [6.07, 6.45) is 7.44. The molecule has 184 valence electrons. The van der Waals surface area contributed by atoms with Crippen LogP contribution in [-0.4, -0.2) is 92.8 Å². The maximum atomic E-state index is 5.45. The molecular formula is C22H38IN9O. The second-order valence-electron chi connectivity index (χ2n) is 8.92. The topological polar surface area (TPSA) is 88.6 Å². The van der Waals surface area contributed by atoms with Gasteiger partial charge in [0, 0.05) is 53.0 Å². The van der Waals surface area contributed by atoms with Gasteiger partial charge in [0.25, 0.3) is 0 Å². The molecule has 4 heterocycles. The Balaban J connectivity index is 0.00000306. The fraction of sp³-hybridized carbons (Fsp3) is 0.727. The van der Waals surface area contributed by atoms with Crippen molar-refractivity contribution < 1.29 is 4.74 Å². The SMILES string of the molecule is Cc1nnc(CN=C(NCCCN2CCOCC2)N2CCC(Cc3cnn(C)c3)C2)n1C.I. The molecule has 11 heteroatoms. The summed E-state index contributed by atoms with van der Waals surface area (Å²) in [5, 5.41) is 16.4. The summed E-state index contributed by atoms with van der Waals surface area (Å²) in [5.74, 6) is 3.41. The van der Waals surface area contributed by atoms with E-state index in [1.165, 1.54) is 12.0 Å². The van der Waals surface area contributed by atoms with Crippen LogP contribution in [0.15, 0.2) is 17.4 Å². The molecule has 0 spiro atoms. The van der Waals surface area contributed by atoms with Gasteiger partial charge >= 0.3 is 0 Å². The number of guanidine groups is 1. The second kappa shape index (κ2) is 12.7. The molecule has 0 radical (unpaired) electrons. The van der Waals surface area contributed by atoms with Crippen LogP contribution in [0.2, 0.25) is 0 Å². The van der Waals surface area contributed by atoms with Gasteiger partial charge in [-0.3, -0.25) is 9.58 Å². The molecule has 2 aliphatic rings. The maximum absolute atomic E-state index is 5.45. The van der Waals surface area contributed by atoms with E-state index in [1.54, 1.807) is 0 Å². The molecule has 0 amide bonds. The summed E-state index contributed by atoms with van der Waals surface area (Å²) in [7, 11) is 3.97. The van der Waals surface area contributed by atoms with Gasteiger partial charge in [-0.15, -0.1) is 34.2 Å². The van der Waals surface area contributed by atoms with E-state index in [4.69, 9.17) is 9.73 Å². The number of hydrogen-bond donors (Lipinski definition) is 1. The van der Waals surface area contributed by atoms with Crippen LogP contribution in [0.1, 0.15) is 30.1 Å². The van der Waals surface area contributed by atoms with E-state index in [9.17, 15) is 0 Å². The molecule has 2 fully saturated rings. The van der Waals surface area contributed by atoms with Crippen molar-refractivity contribution in [2.75, 3.05) is 52.5 Å². The minimum atomic E-state index is 0. The van der Waals surface area contributed by atoms with Gasteiger partial charge in [0.1, 0.15) is 12.4 Å². The highest BCUT2D eigenvalue weighted by Crippen LogP contribution is 2.21. The predicted octanol–water partition coefficient (Wildman–Crippen LogP) is 1.21. The lowest BCUT2D eigenvalue weighted by Crippen LogP contribution is -2.42. The molecule has 2 aromatic rings. The Kier molecular flexibility index (Phi) is 9.93. The van der Waals surface area contributed by atoms with E-state index < -0.39 is 0 Å². The molecule has 2 saturated heterocycles. The Hall–Kier alpha value is -1.73. The van der Waals surface area contributed by atoms with Crippen molar-refractivity contribution in [2.24, 2.45) is 25.0 Å². The molecule has 1 atom stereocenters. The highest BCUT2D eigenvalue weighted by molar-refractivity contribution is 14.0. The first kappa shape index (κ1) is 25.9. The van der Waals surface area contributed by atoms with Gasteiger partial charge < -0.3 is 19.5 Å². The van der Waals surface area contributed by atoms with Gasteiger partial charge in [0.05, 0.1) is 19.4 Å². The van der Waals surface area contributed by atoms with Crippen molar-refractivity contribution in [2.45, 2.75) is 32.7 Å². The summed E-state index contributed by atoms with van der Waals surface area (Å²) >= 11 is 0. The lowest BCUT2D eigenvalue weighted by atomic mass is 10.0. The zero-order valence-electron chi connectivity index (χ0n) is 20.1. The lowest BCUT2D eigenvalue weighted by Gasteiger charge is -2.27. The first-order valence-electron chi connectivity index (χ1n) is 11.7. The normalized spacial score (nSPS) is 19.7. The van der Waals surface area contributed by atoms with E-state index in [0.717, 1.165) is 82.9 Å². The standard InChI is InChI=1S/C22H37N9O.HI/c1-18-26-27-21(29(18)3)15-24-22(23-6-4-7-30-9-11-32-12-10-30)31-8-5-19(17-31)13-20-14-25-28(2)16-20;/h14,16,19H,4-13,15,17H2,1-3H3,(H,23,24);1H. The number of nitrogens with one attached hydrogen (secondary N) is 1. The molecule has 0 saturated carbocycles. The molecule has 2 aromatic heterocycles. The third-order valence-corrected chi connectivity index (χ3v) is 6.46. The third kappa shape index (κ3) is 7.38. The quantitative estimate of drug-likeness (QED) is 0.221. The molecular weight excluding hydrogens is 533 g/mol. The fourth-order valence-corrected chi connectivity index (χ4v) is 4.43. The number of ether oxygens (including phenoxy) is 1. The smallest absolute Gasteiger partial charge is 0.194 e. The van der Waals surface area contributed by atoms with Gasteiger partial charge in [0.15, 0.2) is 11.8 Å². The van der Waals surface area contributed by atoms with Crippen LogP contribution in [0.4, 0.5) is 0 Å². The molecule has 2 aliphatic heterocycles. The van der Waals surface area contributed by atoms with Gasteiger partial charge in [0.2, 0.25) is 0 Å². The van der Waals surface area contributed by atoms with Gasteiger partial charge in [-0.2, -0.15) is 5.10 Å². The number of rotatable bonds is 8. The first-order valence-corrected chi connectivity index (χ1v) is 11.7. The molecule has 1 N–H and O–H groups in total. The monoisotopic (exact) mass is 571 g/mol. The number of aryl methyl sites for hydroxylation is 2. The predicted molar refractivity (Wildman–Crippen MR) is 139 cm³/mol. The van der Waals surface area contributed by atoms with Gasteiger partial charge in [-0.25, -0.2) is 4.99 Å². The van der Waals surface area contributed by atoms with Gasteiger partial charge in [-0.05, 0) is 44.2 Å². The summed E-state index contributed by atoms with van der Waals surface area (Å²) in [6, 6.07) is 0. The largest absolute Gasteiger partial charge is 0.379 e. The van der Waals surface area contributed by atoms with Crippen LogP contribution in [0.3, 0.4) is 0 Å². The number of likely N-dealkylation sites (tertiary alicyclic amines) is 1. The first-order chi connectivity index (χ1) is 15.6. The lowest BCUT2D eigenvalue weighted by molar-refractivity contribution is 0.0375. The number of morpholine rings is 1. The van der Waals surface area contributed by atoms with Crippen LogP contribution in [0, 0.1) is 12.8 Å². The molecule has 33 heavy (non-hydrogen) atoms. The minimum Gasteiger partial charge on any atom is -0.379 e. The average Bonchev–Trinajstić information content (AvgIpc) is 3.51. The Morgan fingerprint density at radius 2 is 2.03 bits per heavy atom. The van der Waals surface area contributed by atoms with E-state index in [1.807, 2.05) is 36.5 Å². The van der Waals surface area contributed by atoms with Gasteiger partial charge in [-0.1, -0.05) is 0 Å². The molecule has 10 nitrogen and oxygen atoms in total. The molecule has 1 unspecified atom stereocenters. The van der Waals surface area contributed by atoms with Crippen LogP contribution in [0.5, 0.6) is 0 Å². The number of nitrogens with zero attached hydrogens (tertiary/aromatic N) is 8. The van der Waals surface area contributed by atoms with E-state index >= 15 is 0 Å². The number of aromatic nitrogens is 5. The van der Waals surface area contributed by atoms with E-state index in [2.05, 4.69) is 36.6 Å². The van der Waals surface area contributed by atoms with Crippen molar-refractivity contribution in [3.63, 3.8) is 0 Å². The second-order valence-corrected chi connectivity index (χ2v) is 8.92. The number of aliphatic imine (C=N–C) groups is 1. The Bertz CT molecular complexity index is 890. The molecule has 0 aliphatic carbocycles. The van der Waals surface area contributed by atoms with Crippen molar-refractivity contribution in [3.05, 3.63) is 29.6 Å². The minimum absolute atomic E-state index is 0. The Labute approximate surface area is 213 Å². The maximum Gasteiger partial charge on any atom is 0.194 e. The zero-order valence-corrected chi connectivity index (χ0v) is 22.4. The molecule has 0 aromatic carbocycles. The van der Waals surface area contributed by atoms with Crippen molar-refractivity contribution in [3.8, 4) is 0 Å². The van der Waals surface area contributed by atoms with Crippen molar-refractivity contribution in [1.82, 2.24) is 39.7 Å². The van der Waals surface area contributed by atoms with E-state index in [-0.39, 0.29) is 24.0 Å². The Morgan fingerprint density at radius 3 is 2.73 bits per heavy atom. The number of hydrogen-bond acceptors (Lipinski definition) is 6. The van der Waals surface area contributed by atoms with Crippen molar-refractivity contribution in [1.29, 1.82) is 0 Å². The highest BCUT2D eigenvalue weighted by atomic mass is 127. The van der Waals surface area contributed by atoms with Crippen molar-refractivity contribution >= 4 is 29.9 Å².